The third-order valence-electron chi connectivity index (χ3n) is 4.25. The van der Waals surface area contributed by atoms with Crippen LogP contribution in [0, 0.1) is 6.92 Å². The minimum absolute atomic E-state index is 0.109. The van der Waals surface area contributed by atoms with Crippen molar-refractivity contribution < 1.29 is 14.3 Å². The van der Waals surface area contributed by atoms with Crippen molar-refractivity contribution in [2.45, 2.75) is 6.92 Å². The molecule has 2 aromatic heterocycles. The van der Waals surface area contributed by atoms with Crippen molar-refractivity contribution in [1.29, 1.82) is 0 Å². The summed E-state index contributed by atoms with van der Waals surface area (Å²) in [6.45, 7) is 1.91. The second-order valence-electron chi connectivity index (χ2n) is 5.81. The number of carbonyl (C=O) groups excluding carboxylic acids is 2. The number of methoxy groups -OCH3 is 1. The molecule has 2 heterocycles. The maximum Gasteiger partial charge on any atom is 0.337 e. The van der Waals surface area contributed by atoms with Gasteiger partial charge in [-0.05, 0) is 31.2 Å². The predicted molar refractivity (Wildman–Crippen MR) is 108 cm³/mol. The molecule has 6 heteroatoms. The highest BCUT2D eigenvalue weighted by Crippen LogP contribution is 2.40. The third-order valence-corrected chi connectivity index (χ3v) is 7.01. The van der Waals surface area contributed by atoms with E-state index in [9.17, 15) is 9.59 Å². The van der Waals surface area contributed by atoms with Gasteiger partial charge in [-0.1, -0.05) is 29.8 Å². The molecule has 3 nitrogen and oxygen atoms in total. The van der Waals surface area contributed by atoms with Crippen LogP contribution in [0.5, 0.6) is 0 Å². The lowest BCUT2D eigenvalue weighted by atomic mass is 10.0. The molecule has 0 amide bonds. The summed E-state index contributed by atoms with van der Waals surface area (Å²) in [7, 11) is 1.34. The monoisotopic (exact) mass is 400 g/mol. The first-order valence-electron chi connectivity index (χ1n) is 7.84. The number of hydrogen-bond acceptors (Lipinski definition) is 5. The van der Waals surface area contributed by atoms with Crippen molar-refractivity contribution in [3.8, 4) is 0 Å². The largest absolute Gasteiger partial charge is 0.465 e. The molecule has 4 aromatic rings. The summed E-state index contributed by atoms with van der Waals surface area (Å²) in [5.74, 6) is -0.531. The van der Waals surface area contributed by atoms with Crippen molar-refractivity contribution in [3.05, 3.63) is 68.4 Å². The van der Waals surface area contributed by atoms with Gasteiger partial charge in [0.05, 0.1) is 22.6 Å². The van der Waals surface area contributed by atoms with Gasteiger partial charge < -0.3 is 4.74 Å². The lowest BCUT2D eigenvalue weighted by molar-refractivity contribution is 0.0600. The summed E-state index contributed by atoms with van der Waals surface area (Å²) in [6, 6.07) is 13.0. The molecular formula is C20H13ClO3S2. The van der Waals surface area contributed by atoms with Crippen LogP contribution in [0.4, 0.5) is 0 Å². The van der Waals surface area contributed by atoms with E-state index in [1.165, 1.54) is 29.8 Å². The van der Waals surface area contributed by atoms with Gasteiger partial charge in [0.2, 0.25) is 5.78 Å². The van der Waals surface area contributed by atoms with Gasteiger partial charge in [-0.3, -0.25) is 4.79 Å². The van der Waals surface area contributed by atoms with E-state index in [1.54, 1.807) is 12.1 Å². The Bertz CT molecular complexity index is 1190. The Morgan fingerprint density at radius 2 is 1.73 bits per heavy atom. The molecular weight excluding hydrogens is 388 g/mol. The maximum absolute atomic E-state index is 13.3. The second kappa shape index (κ2) is 6.50. The molecule has 0 saturated carbocycles. The molecule has 0 N–H and O–H groups in total. The average Bonchev–Trinajstić information content (AvgIpc) is 3.16. The Balaban J connectivity index is 1.92. The van der Waals surface area contributed by atoms with E-state index in [4.69, 9.17) is 16.3 Å². The maximum atomic E-state index is 13.3. The van der Waals surface area contributed by atoms with Crippen molar-refractivity contribution in [2.24, 2.45) is 0 Å². The van der Waals surface area contributed by atoms with Crippen LogP contribution in [0.3, 0.4) is 0 Å². The van der Waals surface area contributed by atoms with Gasteiger partial charge in [0.25, 0.3) is 0 Å². The fourth-order valence-electron chi connectivity index (χ4n) is 3.02. The van der Waals surface area contributed by atoms with E-state index in [0.29, 0.717) is 21.0 Å². The number of aryl methyl sites for hydroxylation is 1. The SMILES string of the molecule is COC(=O)c1ccc2sc(C)c(C(=O)c3sc4ccccc4c3Cl)c2c1. The summed E-state index contributed by atoms with van der Waals surface area (Å²) < 4.78 is 6.73. The number of ether oxygens (including phenoxy) is 1. The van der Waals surface area contributed by atoms with E-state index in [2.05, 4.69) is 0 Å². The molecule has 0 atom stereocenters. The zero-order valence-corrected chi connectivity index (χ0v) is 16.3. The van der Waals surface area contributed by atoms with Gasteiger partial charge in [0, 0.05) is 30.6 Å². The van der Waals surface area contributed by atoms with Gasteiger partial charge in [0.15, 0.2) is 0 Å². The van der Waals surface area contributed by atoms with Crippen LogP contribution in [0.1, 0.15) is 30.5 Å². The summed E-state index contributed by atoms with van der Waals surface area (Å²) in [5.41, 5.74) is 1.03. The second-order valence-corrected chi connectivity index (χ2v) is 8.49. The summed E-state index contributed by atoms with van der Waals surface area (Å²) in [4.78, 5) is 26.6. The normalized spacial score (nSPS) is 11.2. The molecule has 0 radical (unpaired) electrons. The van der Waals surface area contributed by atoms with Crippen molar-refractivity contribution in [1.82, 2.24) is 0 Å². The predicted octanol–water partition coefficient (Wildman–Crippen LogP) is 6.10. The summed E-state index contributed by atoms with van der Waals surface area (Å²) in [6.07, 6.45) is 0. The van der Waals surface area contributed by atoms with E-state index in [1.807, 2.05) is 37.3 Å². The van der Waals surface area contributed by atoms with Crippen molar-refractivity contribution in [3.63, 3.8) is 0 Å². The number of fused-ring (bicyclic) bond motifs is 2. The fraction of sp³-hybridized carbons (Fsp3) is 0.100. The highest BCUT2D eigenvalue weighted by Gasteiger charge is 2.24. The molecule has 0 aliphatic heterocycles. The number of esters is 1. The number of rotatable bonds is 3. The van der Waals surface area contributed by atoms with E-state index in [-0.39, 0.29) is 5.78 Å². The number of thiophene rings is 2. The molecule has 0 saturated heterocycles. The molecule has 0 fully saturated rings. The fourth-order valence-corrected chi connectivity index (χ4v) is 5.53. The van der Waals surface area contributed by atoms with Crippen molar-refractivity contribution >= 4 is 66.2 Å². The molecule has 2 aromatic carbocycles. The highest BCUT2D eigenvalue weighted by molar-refractivity contribution is 7.22. The van der Waals surface area contributed by atoms with Crippen LogP contribution < -0.4 is 0 Å². The first-order chi connectivity index (χ1) is 12.5. The lowest BCUT2D eigenvalue weighted by Gasteiger charge is -2.02. The first kappa shape index (κ1) is 17.2. The van der Waals surface area contributed by atoms with E-state index in [0.717, 1.165) is 25.0 Å². The highest BCUT2D eigenvalue weighted by atomic mass is 35.5. The molecule has 0 spiro atoms. The van der Waals surface area contributed by atoms with Gasteiger partial charge >= 0.3 is 5.97 Å². The van der Waals surface area contributed by atoms with E-state index >= 15 is 0 Å². The Morgan fingerprint density at radius 3 is 2.46 bits per heavy atom. The van der Waals surface area contributed by atoms with Crippen LogP contribution >= 0.6 is 34.3 Å². The van der Waals surface area contributed by atoms with Crippen LogP contribution in [0.25, 0.3) is 20.2 Å². The molecule has 26 heavy (non-hydrogen) atoms. The van der Waals surface area contributed by atoms with Crippen molar-refractivity contribution in [2.75, 3.05) is 7.11 Å². The molecule has 0 aliphatic rings. The number of benzene rings is 2. The lowest BCUT2D eigenvalue weighted by Crippen LogP contribution is -2.03. The van der Waals surface area contributed by atoms with Crippen LogP contribution in [-0.2, 0) is 4.74 Å². The van der Waals surface area contributed by atoms with E-state index < -0.39 is 5.97 Å². The Morgan fingerprint density at radius 1 is 1.00 bits per heavy atom. The topological polar surface area (TPSA) is 43.4 Å². The zero-order valence-electron chi connectivity index (χ0n) is 14.0. The third kappa shape index (κ3) is 2.63. The van der Waals surface area contributed by atoms with Crippen LogP contribution in [0.2, 0.25) is 5.02 Å². The first-order valence-corrected chi connectivity index (χ1v) is 9.85. The smallest absolute Gasteiger partial charge is 0.337 e. The van der Waals surface area contributed by atoms with Gasteiger partial charge in [-0.25, -0.2) is 4.79 Å². The van der Waals surface area contributed by atoms with Crippen LogP contribution in [-0.4, -0.2) is 18.9 Å². The Hall–Kier alpha value is -2.21. The average molecular weight is 401 g/mol. The minimum Gasteiger partial charge on any atom is -0.465 e. The standard InChI is InChI=1S/C20H13ClO3S2/c1-10-16(13-9-11(20(23)24-2)7-8-15(13)25-10)18(22)19-17(21)12-5-3-4-6-14(12)26-19/h3-9H,1-2H3. The molecule has 0 aliphatic carbocycles. The number of carbonyl (C=O) groups is 2. The molecule has 0 bridgehead atoms. The van der Waals surface area contributed by atoms with Crippen LogP contribution in [0.15, 0.2) is 42.5 Å². The number of ketones is 1. The number of halogens is 1. The molecule has 4 rings (SSSR count). The Labute approximate surface area is 162 Å². The summed E-state index contributed by atoms with van der Waals surface area (Å²) in [5, 5.41) is 2.13. The Kier molecular flexibility index (Phi) is 4.31. The minimum atomic E-state index is -0.422. The molecule has 0 unspecified atom stereocenters. The summed E-state index contributed by atoms with van der Waals surface area (Å²) >= 11 is 9.42. The van der Waals surface area contributed by atoms with Gasteiger partial charge in [-0.15, -0.1) is 22.7 Å². The number of hydrogen-bond donors (Lipinski definition) is 0. The quantitative estimate of drug-likeness (QED) is 0.308. The molecule has 130 valence electrons. The van der Waals surface area contributed by atoms with Gasteiger partial charge in [0.1, 0.15) is 0 Å². The van der Waals surface area contributed by atoms with Gasteiger partial charge in [-0.2, -0.15) is 0 Å². The zero-order chi connectivity index (χ0) is 18.4.